The largest absolute Gasteiger partial charge is 0.464 e. The molecule has 0 aliphatic heterocycles. The minimum absolute atomic E-state index is 0.0753. The Morgan fingerprint density at radius 2 is 1.96 bits per heavy atom. The molecular formula is C19H25N3O4. The summed E-state index contributed by atoms with van der Waals surface area (Å²) < 4.78 is 9.94. The Labute approximate surface area is 153 Å². The molecule has 0 spiro atoms. The zero-order valence-corrected chi connectivity index (χ0v) is 16.0. The van der Waals surface area contributed by atoms with Crippen LogP contribution in [0, 0.1) is 13.8 Å². The minimum Gasteiger partial charge on any atom is -0.464 e. The number of hydrogen-bond donors (Lipinski definition) is 1. The van der Waals surface area contributed by atoms with Gasteiger partial charge in [-0.25, -0.2) is 14.6 Å². The van der Waals surface area contributed by atoms with E-state index in [1.807, 2.05) is 52.8 Å². The van der Waals surface area contributed by atoms with Gasteiger partial charge in [-0.2, -0.15) is 0 Å². The van der Waals surface area contributed by atoms with Gasteiger partial charge in [0.2, 0.25) is 5.89 Å². The molecule has 140 valence electrons. The Balaban J connectivity index is 2.22. The zero-order valence-electron chi connectivity index (χ0n) is 16.0. The molecule has 0 saturated heterocycles. The van der Waals surface area contributed by atoms with Crippen LogP contribution in [0.1, 0.15) is 48.3 Å². The maximum absolute atomic E-state index is 12.9. The standard InChI is InChI=1S/C19H25N3O4/c1-12-8-7-9-14(13(12)2)21-18(24)22(19(3,4)5)10-16-20-15(11-26-16)17(23)25-6/h7-9,11H,10H2,1-6H3,(H,21,24). The van der Waals surface area contributed by atoms with E-state index in [-0.39, 0.29) is 24.2 Å². The fraction of sp³-hybridized carbons (Fsp3) is 0.421. The zero-order chi connectivity index (χ0) is 19.5. The van der Waals surface area contributed by atoms with E-state index in [1.165, 1.54) is 13.4 Å². The second-order valence-corrected chi connectivity index (χ2v) is 7.05. The number of nitrogens with zero attached hydrogens (tertiary/aromatic N) is 2. The number of esters is 1. The molecule has 2 aromatic rings. The summed E-state index contributed by atoms with van der Waals surface area (Å²) in [5.41, 5.74) is 2.46. The molecule has 0 saturated carbocycles. The van der Waals surface area contributed by atoms with Gasteiger partial charge in [0, 0.05) is 11.2 Å². The highest BCUT2D eigenvalue weighted by Crippen LogP contribution is 2.22. The van der Waals surface area contributed by atoms with Crippen LogP contribution < -0.4 is 5.32 Å². The normalized spacial score (nSPS) is 11.2. The van der Waals surface area contributed by atoms with Crippen molar-refractivity contribution in [3.8, 4) is 0 Å². The van der Waals surface area contributed by atoms with Crippen molar-refractivity contribution in [2.45, 2.75) is 46.7 Å². The van der Waals surface area contributed by atoms with Gasteiger partial charge in [-0.05, 0) is 51.8 Å². The Bertz CT molecular complexity index is 805. The van der Waals surface area contributed by atoms with Gasteiger partial charge in [0.1, 0.15) is 6.26 Å². The quantitative estimate of drug-likeness (QED) is 0.837. The van der Waals surface area contributed by atoms with Crippen molar-refractivity contribution in [3.63, 3.8) is 0 Å². The van der Waals surface area contributed by atoms with Crippen LogP contribution in [0.2, 0.25) is 0 Å². The highest BCUT2D eigenvalue weighted by Gasteiger charge is 2.29. The molecule has 2 rings (SSSR count). The number of ether oxygens (including phenoxy) is 1. The fourth-order valence-corrected chi connectivity index (χ4v) is 2.40. The molecule has 26 heavy (non-hydrogen) atoms. The summed E-state index contributed by atoms with van der Waals surface area (Å²) >= 11 is 0. The number of rotatable bonds is 4. The molecule has 0 atom stereocenters. The average molecular weight is 359 g/mol. The summed E-state index contributed by atoms with van der Waals surface area (Å²) in [6.45, 7) is 9.83. The van der Waals surface area contributed by atoms with E-state index in [9.17, 15) is 9.59 Å². The highest BCUT2D eigenvalue weighted by atomic mass is 16.5. The summed E-state index contributed by atoms with van der Waals surface area (Å²) in [4.78, 5) is 30.1. The Morgan fingerprint density at radius 3 is 2.58 bits per heavy atom. The second-order valence-electron chi connectivity index (χ2n) is 7.05. The smallest absolute Gasteiger partial charge is 0.360 e. The molecule has 1 aromatic carbocycles. The van der Waals surface area contributed by atoms with Crippen LogP contribution in [0.25, 0.3) is 0 Å². The molecule has 0 unspecified atom stereocenters. The lowest BCUT2D eigenvalue weighted by atomic mass is 10.1. The van der Waals surface area contributed by atoms with Crippen molar-refractivity contribution in [2.24, 2.45) is 0 Å². The number of carbonyl (C=O) groups is 2. The monoisotopic (exact) mass is 359 g/mol. The molecule has 7 heteroatoms. The van der Waals surface area contributed by atoms with Crippen molar-refractivity contribution < 1.29 is 18.7 Å². The van der Waals surface area contributed by atoms with Crippen molar-refractivity contribution in [1.82, 2.24) is 9.88 Å². The van der Waals surface area contributed by atoms with Crippen LogP contribution in [0.15, 0.2) is 28.9 Å². The van der Waals surface area contributed by atoms with Crippen molar-refractivity contribution in [2.75, 3.05) is 12.4 Å². The SMILES string of the molecule is COC(=O)c1coc(CN(C(=O)Nc2cccc(C)c2C)C(C)(C)C)n1. The number of aromatic nitrogens is 1. The van der Waals surface area contributed by atoms with E-state index < -0.39 is 11.5 Å². The fourth-order valence-electron chi connectivity index (χ4n) is 2.40. The minimum atomic E-state index is -0.581. The Kier molecular flexibility index (Phi) is 5.69. The number of carbonyl (C=O) groups excluding carboxylic acids is 2. The van der Waals surface area contributed by atoms with Gasteiger partial charge in [-0.15, -0.1) is 0 Å². The summed E-state index contributed by atoms with van der Waals surface area (Å²) in [6, 6.07) is 5.48. The lowest BCUT2D eigenvalue weighted by Crippen LogP contribution is -2.47. The van der Waals surface area contributed by atoms with Crippen LogP contribution in [-0.2, 0) is 11.3 Å². The molecule has 0 bridgehead atoms. The van der Waals surface area contributed by atoms with E-state index in [4.69, 9.17) is 4.42 Å². The van der Waals surface area contributed by atoms with Gasteiger partial charge in [0.15, 0.2) is 5.69 Å². The third-order valence-electron chi connectivity index (χ3n) is 4.14. The van der Waals surface area contributed by atoms with E-state index in [0.717, 1.165) is 16.8 Å². The molecule has 0 fully saturated rings. The lowest BCUT2D eigenvalue weighted by molar-refractivity contribution is 0.0594. The first-order valence-electron chi connectivity index (χ1n) is 8.31. The van der Waals surface area contributed by atoms with E-state index in [2.05, 4.69) is 15.0 Å². The van der Waals surface area contributed by atoms with Crippen molar-refractivity contribution in [1.29, 1.82) is 0 Å². The number of amides is 2. The number of hydrogen-bond acceptors (Lipinski definition) is 5. The predicted octanol–water partition coefficient (Wildman–Crippen LogP) is 3.91. The average Bonchev–Trinajstić information content (AvgIpc) is 3.03. The first-order chi connectivity index (χ1) is 12.1. The summed E-state index contributed by atoms with van der Waals surface area (Å²) in [6.07, 6.45) is 1.23. The third-order valence-corrected chi connectivity index (χ3v) is 4.14. The maximum Gasteiger partial charge on any atom is 0.360 e. The van der Waals surface area contributed by atoms with E-state index in [1.54, 1.807) is 4.90 Å². The molecule has 1 N–H and O–H groups in total. The van der Waals surface area contributed by atoms with E-state index >= 15 is 0 Å². The molecule has 2 amide bonds. The second kappa shape index (κ2) is 7.59. The first-order valence-corrected chi connectivity index (χ1v) is 8.31. The molecule has 1 aromatic heterocycles. The van der Waals surface area contributed by atoms with Crippen LogP contribution in [-0.4, -0.2) is 34.5 Å². The molecule has 0 aliphatic carbocycles. The number of oxazole rings is 1. The van der Waals surface area contributed by atoms with Gasteiger partial charge < -0.3 is 19.4 Å². The maximum atomic E-state index is 12.9. The van der Waals surface area contributed by atoms with Gasteiger partial charge in [0.25, 0.3) is 0 Å². The summed E-state index contributed by atoms with van der Waals surface area (Å²) in [5, 5.41) is 2.94. The number of anilines is 1. The van der Waals surface area contributed by atoms with Gasteiger partial charge in [-0.1, -0.05) is 12.1 Å². The number of methoxy groups -OCH3 is 1. The van der Waals surface area contributed by atoms with Crippen molar-refractivity contribution >= 4 is 17.7 Å². The highest BCUT2D eigenvalue weighted by molar-refractivity contribution is 5.91. The molecule has 0 radical (unpaired) electrons. The lowest BCUT2D eigenvalue weighted by Gasteiger charge is -2.34. The number of urea groups is 1. The molecule has 0 aliphatic rings. The van der Waals surface area contributed by atoms with Gasteiger partial charge in [0.05, 0.1) is 13.7 Å². The van der Waals surface area contributed by atoms with Crippen LogP contribution in [0.3, 0.4) is 0 Å². The number of benzene rings is 1. The summed E-state index contributed by atoms with van der Waals surface area (Å²) in [5.74, 6) is -0.321. The van der Waals surface area contributed by atoms with Crippen LogP contribution >= 0.6 is 0 Å². The molecule has 1 heterocycles. The van der Waals surface area contributed by atoms with Gasteiger partial charge in [-0.3, -0.25) is 0 Å². The van der Waals surface area contributed by atoms with Crippen molar-refractivity contribution in [3.05, 3.63) is 47.2 Å². The van der Waals surface area contributed by atoms with Crippen LogP contribution in [0.5, 0.6) is 0 Å². The molecule has 7 nitrogen and oxygen atoms in total. The van der Waals surface area contributed by atoms with E-state index in [0.29, 0.717) is 0 Å². The topological polar surface area (TPSA) is 84.7 Å². The van der Waals surface area contributed by atoms with Crippen LogP contribution in [0.4, 0.5) is 10.5 Å². The Morgan fingerprint density at radius 1 is 1.27 bits per heavy atom. The first kappa shape index (κ1) is 19.5. The third kappa shape index (κ3) is 4.41. The van der Waals surface area contributed by atoms with Gasteiger partial charge >= 0.3 is 12.0 Å². The Hall–Kier alpha value is -2.83. The summed E-state index contributed by atoms with van der Waals surface area (Å²) in [7, 11) is 1.27. The predicted molar refractivity (Wildman–Crippen MR) is 98.1 cm³/mol. The number of nitrogens with one attached hydrogen (secondary N) is 1. The molecular weight excluding hydrogens is 334 g/mol. The number of aryl methyl sites for hydroxylation is 1.